The van der Waals surface area contributed by atoms with Crippen LogP contribution in [0.25, 0.3) is 0 Å². The number of amides is 2. The number of ether oxygens (including phenoxy) is 1. The molecular weight excluding hydrogens is 270 g/mol. The van der Waals surface area contributed by atoms with E-state index in [1.165, 1.54) is 4.90 Å². The minimum absolute atomic E-state index is 0.0336. The molecule has 1 aromatic rings. The molecule has 0 atom stereocenters. The van der Waals surface area contributed by atoms with Crippen molar-refractivity contribution in [1.82, 2.24) is 10.2 Å². The van der Waals surface area contributed by atoms with Gasteiger partial charge in [0.2, 0.25) is 5.91 Å². The molecule has 1 aliphatic heterocycles. The second kappa shape index (κ2) is 6.31. The minimum Gasteiger partial charge on any atom is -0.481 e. The normalized spacial score (nSPS) is 15.5. The molecule has 1 aliphatic rings. The van der Waals surface area contributed by atoms with Gasteiger partial charge in [0, 0.05) is 19.2 Å². The summed E-state index contributed by atoms with van der Waals surface area (Å²) in [6.45, 7) is 0.535. The van der Waals surface area contributed by atoms with Crippen LogP contribution in [0.1, 0.15) is 6.42 Å². The smallest absolute Gasteiger partial charge is 0.260 e. The zero-order valence-corrected chi connectivity index (χ0v) is 10.7. The molecule has 0 aromatic heterocycles. The van der Waals surface area contributed by atoms with Gasteiger partial charge < -0.3 is 15.0 Å². The van der Waals surface area contributed by atoms with Crippen LogP contribution in [-0.4, -0.2) is 43.0 Å². The predicted molar refractivity (Wildman–Crippen MR) is 66.1 cm³/mol. The number of hydrogen-bond acceptors (Lipinski definition) is 3. The molecule has 20 heavy (non-hydrogen) atoms. The van der Waals surface area contributed by atoms with Crippen LogP contribution in [0.4, 0.5) is 8.78 Å². The van der Waals surface area contributed by atoms with E-state index in [1.54, 1.807) is 0 Å². The van der Waals surface area contributed by atoms with Gasteiger partial charge in [0.05, 0.1) is 6.54 Å². The highest BCUT2D eigenvalue weighted by atomic mass is 19.1. The molecule has 1 heterocycles. The van der Waals surface area contributed by atoms with Crippen molar-refractivity contribution in [2.45, 2.75) is 6.42 Å². The number of carbonyl (C=O) groups is 2. The second-order valence-electron chi connectivity index (χ2n) is 4.38. The van der Waals surface area contributed by atoms with E-state index in [-0.39, 0.29) is 18.2 Å². The van der Waals surface area contributed by atoms with E-state index in [1.807, 2.05) is 0 Å². The summed E-state index contributed by atoms with van der Waals surface area (Å²) in [6.07, 6.45) is 0.655. The van der Waals surface area contributed by atoms with Crippen LogP contribution in [0.15, 0.2) is 18.2 Å². The molecule has 108 valence electrons. The largest absolute Gasteiger partial charge is 0.481 e. The number of hydrogen-bond donors (Lipinski definition) is 1. The summed E-state index contributed by atoms with van der Waals surface area (Å²) in [4.78, 5) is 24.5. The van der Waals surface area contributed by atoms with E-state index in [9.17, 15) is 18.4 Å². The molecule has 0 saturated carbocycles. The molecule has 0 radical (unpaired) electrons. The lowest BCUT2D eigenvalue weighted by Crippen LogP contribution is -2.39. The fraction of sp³-hybridized carbons (Fsp3) is 0.385. The van der Waals surface area contributed by atoms with Gasteiger partial charge in [-0.3, -0.25) is 9.59 Å². The molecule has 2 rings (SSSR count). The lowest BCUT2D eigenvalue weighted by atomic mass is 10.3. The first kappa shape index (κ1) is 14.2. The molecule has 1 N–H and O–H groups in total. The molecule has 1 fully saturated rings. The van der Waals surface area contributed by atoms with E-state index >= 15 is 0 Å². The lowest BCUT2D eigenvalue weighted by molar-refractivity contribution is -0.136. The summed E-state index contributed by atoms with van der Waals surface area (Å²) in [5, 5.41) is 2.64. The van der Waals surface area contributed by atoms with Gasteiger partial charge in [-0.25, -0.2) is 8.78 Å². The third kappa shape index (κ3) is 3.66. The first-order valence-electron chi connectivity index (χ1n) is 6.18. The van der Waals surface area contributed by atoms with Crippen molar-refractivity contribution in [3.05, 3.63) is 29.8 Å². The van der Waals surface area contributed by atoms with E-state index in [2.05, 4.69) is 5.32 Å². The number of nitrogens with zero attached hydrogens (tertiary/aromatic N) is 1. The molecule has 0 bridgehead atoms. The summed E-state index contributed by atoms with van der Waals surface area (Å²) in [5.74, 6) is -2.43. The molecule has 1 saturated heterocycles. The fourth-order valence-corrected chi connectivity index (χ4v) is 1.84. The highest BCUT2D eigenvalue weighted by Gasteiger charge is 2.20. The van der Waals surface area contributed by atoms with Crippen LogP contribution >= 0.6 is 0 Å². The summed E-state index contributed by atoms with van der Waals surface area (Å²) in [6, 6.07) is 2.84. The Morgan fingerprint density at radius 1 is 1.40 bits per heavy atom. The summed E-state index contributed by atoms with van der Waals surface area (Å²) in [7, 11) is 0. The molecule has 5 nitrogen and oxygen atoms in total. The zero-order valence-electron chi connectivity index (χ0n) is 10.7. The lowest BCUT2D eigenvalue weighted by Gasteiger charge is -2.19. The van der Waals surface area contributed by atoms with Gasteiger partial charge in [0.15, 0.2) is 18.2 Å². The van der Waals surface area contributed by atoms with Gasteiger partial charge in [-0.05, 0) is 18.6 Å². The maximum absolute atomic E-state index is 13.3. The van der Waals surface area contributed by atoms with Crippen molar-refractivity contribution >= 4 is 11.8 Å². The van der Waals surface area contributed by atoms with E-state index < -0.39 is 24.1 Å². The summed E-state index contributed by atoms with van der Waals surface area (Å²) in [5.41, 5.74) is 0. The van der Waals surface area contributed by atoms with E-state index in [0.29, 0.717) is 25.6 Å². The third-order valence-electron chi connectivity index (χ3n) is 2.86. The quantitative estimate of drug-likeness (QED) is 0.888. The topological polar surface area (TPSA) is 58.6 Å². The van der Waals surface area contributed by atoms with Crippen molar-refractivity contribution in [2.24, 2.45) is 0 Å². The van der Waals surface area contributed by atoms with Crippen molar-refractivity contribution < 1.29 is 23.1 Å². The Labute approximate surface area is 114 Å². The molecule has 0 aliphatic carbocycles. The van der Waals surface area contributed by atoms with Crippen LogP contribution in [0.5, 0.6) is 5.75 Å². The van der Waals surface area contributed by atoms with E-state index in [0.717, 1.165) is 12.1 Å². The maximum atomic E-state index is 13.3. The third-order valence-corrected chi connectivity index (χ3v) is 2.86. The first-order valence-corrected chi connectivity index (χ1v) is 6.18. The monoisotopic (exact) mass is 284 g/mol. The standard InChI is InChI=1S/C13H14F2N2O3/c14-9-2-3-11(10(15)6-9)20-8-13(19)17-5-1-4-16-12(18)7-17/h2-3,6H,1,4-5,7-8H2,(H,16,18). The Morgan fingerprint density at radius 3 is 2.95 bits per heavy atom. The second-order valence-corrected chi connectivity index (χ2v) is 4.38. The number of carbonyl (C=O) groups excluding carboxylic acids is 2. The van der Waals surface area contributed by atoms with Crippen molar-refractivity contribution in [3.8, 4) is 5.75 Å². The Balaban J connectivity index is 1.92. The van der Waals surface area contributed by atoms with Crippen LogP contribution < -0.4 is 10.1 Å². The van der Waals surface area contributed by atoms with Crippen LogP contribution in [-0.2, 0) is 9.59 Å². The predicted octanol–water partition coefficient (Wildman–Crippen LogP) is 0.692. The van der Waals surface area contributed by atoms with Gasteiger partial charge in [-0.2, -0.15) is 0 Å². The van der Waals surface area contributed by atoms with Crippen molar-refractivity contribution in [2.75, 3.05) is 26.2 Å². The Morgan fingerprint density at radius 2 is 2.20 bits per heavy atom. The maximum Gasteiger partial charge on any atom is 0.260 e. The van der Waals surface area contributed by atoms with Gasteiger partial charge in [-0.1, -0.05) is 0 Å². The zero-order chi connectivity index (χ0) is 14.5. The van der Waals surface area contributed by atoms with Crippen LogP contribution in [0, 0.1) is 11.6 Å². The van der Waals surface area contributed by atoms with Gasteiger partial charge in [0.1, 0.15) is 5.82 Å². The average molecular weight is 284 g/mol. The number of benzene rings is 1. The van der Waals surface area contributed by atoms with Crippen molar-refractivity contribution in [1.29, 1.82) is 0 Å². The number of nitrogens with one attached hydrogen (secondary N) is 1. The average Bonchev–Trinajstić information content (AvgIpc) is 2.62. The number of halogens is 2. The Kier molecular flexibility index (Phi) is 4.49. The molecule has 0 spiro atoms. The molecule has 7 heteroatoms. The highest BCUT2D eigenvalue weighted by molar-refractivity contribution is 5.85. The van der Waals surface area contributed by atoms with Crippen LogP contribution in [0.2, 0.25) is 0 Å². The summed E-state index contributed by atoms with van der Waals surface area (Å²) >= 11 is 0. The van der Waals surface area contributed by atoms with Gasteiger partial charge in [-0.15, -0.1) is 0 Å². The fourth-order valence-electron chi connectivity index (χ4n) is 1.84. The molecular formula is C13H14F2N2O3. The Hall–Kier alpha value is -2.18. The van der Waals surface area contributed by atoms with Gasteiger partial charge in [0.25, 0.3) is 5.91 Å². The van der Waals surface area contributed by atoms with Crippen LogP contribution in [0.3, 0.4) is 0 Å². The van der Waals surface area contributed by atoms with E-state index in [4.69, 9.17) is 4.74 Å². The first-order chi connectivity index (χ1) is 9.56. The Bertz CT molecular complexity index is 522. The molecule has 2 amide bonds. The minimum atomic E-state index is -0.869. The highest BCUT2D eigenvalue weighted by Crippen LogP contribution is 2.17. The van der Waals surface area contributed by atoms with Crippen molar-refractivity contribution in [3.63, 3.8) is 0 Å². The SMILES string of the molecule is O=C1CN(C(=O)COc2ccc(F)cc2F)CCCN1. The molecule has 0 unspecified atom stereocenters. The molecule has 1 aromatic carbocycles. The summed E-state index contributed by atoms with van der Waals surface area (Å²) < 4.78 is 31.0. The number of rotatable bonds is 3. The van der Waals surface area contributed by atoms with Gasteiger partial charge >= 0.3 is 0 Å².